The van der Waals surface area contributed by atoms with Crippen molar-refractivity contribution >= 4 is 15.5 Å². The van der Waals surface area contributed by atoms with Gasteiger partial charge in [-0.1, -0.05) is 60.7 Å². The zero-order chi connectivity index (χ0) is 22.2. The molecule has 0 aromatic heterocycles. The average Bonchev–Trinajstić information content (AvgIpc) is 2.81. The Kier molecular flexibility index (Phi) is 7.63. The third-order valence-electron chi connectivity index (χ3n) is 4.76. The number of nitro groups is 1. The van der Waals surface area contributed by atoms with Gasteiger partial charge in [-0.15, -0.1) is 0 Å². The highest BCUT2D eigenvalue weighted by molar-refractivity contribution is 6.31. The van der Waals surface area contributed by atoms with Gasteiger partial charge in [-0.25, -0.2) is 0 Å². The van der Waals surface area contributed by atoms with Crippen LogP contribution in [0.25, 0.3) is 0 Å². The largest absolute Gasteiger partial charge is 0.493 e. The molecule has 8 heteroatoms. The molecule has 3 rings (SSSR count). The lowest BCUT2D eigenvalue weighted by atomic mass is 10.0. The second-order valence-corrected chi connectivity index (χ2v) is 7.67. The SMILES string of the molecule is COc1cc(CO[Si]C(c2ccccc2)c2ccccc2)c([N+](=O)[O-])c(OC)c1OC. The Balaban J connectivity index is 1.89. The molecule has 0 aliphatic rings. The summed E-state index contributed by atoms with van der Waals surface area (Å²) >= 11 is 0. The summed E-state index contributed by atoms with van der Waals surface area (Å²) < 4.78 is 21.9. The number of ether oxygens (including phenoxy) is 3. The van der Waals surface area contributed by atoms with Crippen LogP contribution in [0, 0.1) is 10.1 Å². The number of hydrogen-bond donors (Lipinski definition) is 0. The zero-order valence-electron chi connectivity index (χ0n) is 17.5. The van der Waals surface area contributed by atoms with Crippen LogP contribution < -0.4 is 14.2 Å². The molecule has 0 bridgehead atoms. The van der Waals surface area contributed by atoms with Crippen LogP contribution in [0.1, 0.15) is 22.2 Å². The first-order chi connectivity index (χ1) is 15.1. The average molecular weight is 438 g/mol. The minimum absolute atomic E-state index is 0.0106. The summed E-state index contributed by atoms with van der Waals surface area (Å²) in [7, 11) is 4.29. The van der Waals surface area contributed by atoms with Crippen LogP contribution in [0.15, 0.2) is 66.7 Å². The Bertz CT molecular complexity index is 974. The van der Waals surface area contributed by atoms with Gasteiger partial charge < -0.3 is 18.6 Å². The molecule has 160 valence electrons. The van der Waals surface area contributed by atoms with E-state index in [1.807, 2.05) is 36.4 Å². The van der Waals surface area contributed by atoms with Crippen molar-refractivity contribution in [2.24, 2.45) is 0 Å². The van der Waals surface area contributed by atoms with Crippen LogP contribution >= 0.6 is 0 Å². The molecule has 7 nitrogen and oxygen atoms in total. The summed E-state index contributed by atoms with van der Waals surface area (Å²) in [5.41, 5.74) is 2.41. The summed E-state index contributed by atoms with van der Waals surface area (Å²) in [6.45, 7) is 0.0294. The molecule has 0 aliphatic carbocycles. The van der Waals surface area contributed by atoms with Crippen LogP contribution in [-0.2, 0) is 11.0 Å². The van der Waals surface area contributed by atoms with Gasteiger partial charge in [0.25, 0.3) is 0 Å². The van der Waals surface area contributed by atoms with Crippen LogP contribution in [0.5, 0.6) is 17.2 Å². The number of methoxy groups -OCH3 is 3. The fourth-order valence-electron chi connectivity index (χ4n) is 3.32. The first kappa shape index (κ1) is 22.3. The van der Waals surface area contributed by atoms with Crippen molar-refractivity contribution in [1.29, 1.82) is 0 Å². The van der Waals surface area contributed by atoms with Crippen molar-refractivity contribution < 1.29 is 23.6 Å². The monoisotopic (exact) mass is 437 g/mol. The smallest absolute Gasteiger partial charge is 0.320 e. The third-order valence-corrected chi connectivity index (χ3v) is 5.97. The van der Waals surface area contributed by atoms with Gasteiger partial charge in [-0.05, 0) is 17.2 Å². The standard InChI is InChI=1S/C23H23NO6Si/c1-27-19-14-18(20(24(25)26)22(29-3)21(19)28-2)15-30-31-23(16-10-6-4-7-11-16)17-12-8-5-9-13-17/h4-14,23H,15H2,1-3H3. The Morgan fingerprint density at radius 3 is 1.87 bits per heavy atom. The summed E-state index contributed by atoms with van der Waals surface area (Å²) in [5, 5.41) is 11.8. The number of nitrogens with zero attached hydrogens (tertiary/aromatic N) is 1. The normalized spacial score (nSPS) is 10.7. The van der Waals surface area contributed by atoms with Crippen LogP contribution in [0.3, 0.4) is 0 Å². The van der Waals surface area contributed by atoms with Gasteiger partial charge in [0.05, 0.1) is 38.4 Å². The van der Waals surface area contributed by atoms with E-state index in [9.17, 15) is 10.1 Å². The quantitative estimate of drug-likeness (QED) is 0.263. The van der Waals surface area contributed by atoms with Crippen molar-refractivity contribution in [1.82, 2.24) is 0 Å². The van der Waals surface area contributed by atoms with E-state index in [2.05, 4.69) is 24.3 Å². The van der Waals surface area contributed by atoms with Crippen molar-refractivity contribution in [3.63, 3.8) is 0 Å². The van der Waals surface area contributed by atoms with Crippen molar-refractivity contribution in [2.45, 2.75) is 12.1 Å². The maximum Gasteiger partial charge on any atom is 0.320 e. The molecule has 0 unspecified atom stereocenters. The molecule has 2 radical (unpaired) electrons. The van der Waals surface area contributed by atoms with Crippen LogP contribution in [0.4, 0.5) is 5.69 Å². The molecule has 0 heterocycles. The second-order valence-electron chi connectivity index (χ2n) is 6.57. The maximum atomic E-state index is 11.8. The van der Waals surface area contributed by atoms with Gasteiger partial charge in [0.15, 0.2) is 5.75 Å². The molecule has 0 spiro atoms. The highest BCUT2D eigenvalue weighted by Gasteiger charge is 2.29. The van der Waals surface area contributed by atoms with E-state index < -0.39 is 4.92 Å². The summed E-state index contributed by atoms with van der Waals surface area (Å²) in [4.78, 5) is 11.3. The van der Waals surface area contributed by atoms with Gasteiger partial charge in [0.2, 0.25) is 21.3 Å². The first-order valence-corrected chi connectivity index (χ1v) is 10.5. The van der Waals surface area contributed by atoms with Crippen LogP contribution in [-0.4, -0.2) is 36.0 Å². The van der Waals surface area contributed by atoms with Gasteiger partial charge in [0.1, 0.15) is 0 Å². The Morgan fingerprint density at radius 1 is 0.871 bits per heavy atom. The van der Waals surface area contributed by atoms with Gasteiger partial charge in [-0.3, -0.25) is 10.1 Å². The maximum absolute atomic E-state index is 11.8. The molecule has 0 amide bonds. The lowest BCUT2D eigenvalue weighted by Gasteiger charge is -2.18. The molecule has 0 saturated carbocycles. The Hall–Kier alpha value is -3.36. The molecule has 0 aliphatic heterocycles. The topological polar surface area (TPSA) is 80.1 Å². The summed E-state index contributed by atoms with van der Waals surface area (Å²) in [5.74, 6) is 0.528. The first-order valence-electron chi connectivity index (χ1n) is 9.54. The zero-order valence-corrected chi connectivity index (χ0v) is 18.5. The van der Waals surface area contributed by atoms with E-state index in [-0.39, 0.29) is 39.1 Å². The minimum atomic E-state index is -0.492. The third kappa shape index (κ3) is 5.04. The molecular formula is C23H23NO6Si. The van der Waals surface area contributed by atoms with Crippen molar-refractivity contribution in [3.05, 3.63) is 93.5 Å². The predicted molar refractivity (Wildman–Crippen MR) is 118 cm³/mol. The van der Waals surface area contributed by atoms with Crippen molar-refractivity contribution in [2.75, 3.05) is 21.3 Å². The van der Waals surface area contributed by atoms with Gasteiger partial charge in [0, 0.05) is 5.54 Å². The molecule has 0 saturated heterocycles. The van der Waals surface area contributed by atoms with E-state index in [1.165, 1.54) is 21.3 Å². The predicted octanol–water partition coefficient (Wildman–Crippen LogP) is 4.55. The second kappa shape index (κ2) is 10.6. The molecule has 31 heavy (non-hydrogen) atoms. The molecular weight excluding hydrogens is 414 g/mol. The molecule has 0 N–H and O–H groups in total. The lowest BCUT2D eigenvalue weighted by molar-refractivity contribution is -0.386. The number of hydrogen-bond acceptors (Lipinski definition) is 6. The Labute approximate surface area is 183 Å². The fraction of sp³-hybridized carbons (Fsp3) is 0.217. The van der Waals surface area contributed by atoms with E-state index in [1.54, 1.807) is 6.07 Å². The molecule has 0 fully saturated rings. The van der Waals surface area contributed by atoms with Gasteiger partial charge >= 0.3 is 5.69 Å². The van der Waals surface area contributed by atoms with Crippen molar-refractivity contribution in [3.8, 4) is 17.2 Å². The lowest BCUT2D eigenvalue weighted by Crippen LogP contribution is -2.14. The summed E-state index contributed by atoms with van der Waals surface area (Å²) in [6.07, 6.45) is 0. The molecule has 3 aromatic carbocycles. The molecule has 3 aromatic rings. The summed E-state index contributed by atoms with van der Waals surface area (Å²) in [6, 6.07) is 21.6. The van der Waals surface area contributed by atoms with Gasteiger partial charge in [-0.2, -0.15) is 0 Å². The highest BCUT2D eigenvalue weighted by atomic mass is 28.2. The number of nitro benzene ring substituents is 1. The highest BCUT2D eigenvalue weighted by Crippen LogP contribution is 2.46. The number of benzene rings is 3. The van der Waals surface area contributed by atoms with E-state index in [0.29, 0.717) is 11.3 Å². The van der Waals surface area contributed by atoms with E-state index in [4.69, 9.17) is 18.6 Å². The number of rotatable bonds is 10. The van der Waals surface area contributed by atoms with Crippen LogP contribution in [0.2, 0.25) is 0 Å². The van der Waals surface area contributed by atoms with E-state index in [0.717, 1.165) is 11.1 Å². The molecule has 0 atom stereocenters. The van der Waals surface area contributed by atoms with E-state index >= 15 is 0 Å². The fourth-order valence-corrected chi connectivity index (χ4v) is 4.39. The Morgan fingerprint density at radius 2 is 1.42 bits per heavy atom. The minimum Gasteiger partial charge on any atom is -0.493 e.